The maximum atomic E-state index is 14.3. The highest BCUT2D eigenvalue weighted by Gasteiger charge is 2.15. The zero-order valence-corrected chi connectivity index (χ0v) is 17.8. The summed E-state index contributed by atoms with van der Waals surface area (Å²) in [6, 6.07) is 10.5. The summed E-state index contributed by atoms with van der Waals surface area (Å²) in [7, 11) is 4.95. The molecule has 0 fully saturated rings. The van der Waals surface area contributed by atoms with Crippen molar-refractivity contribution < 1.29 is 13.9 Å². The number of nitrogens with one attached hydrogen (secondary N) is 1. The normalized spacial score (nSPS) is 11.0. The van der Waals surface area contributed by atoms with Gasteiger partial charge < -0.3 is 19.4 Å². The Bertz CT molecular complexity index is 1220. The molecule has 2 aromatic carbocycles. The lowest BCUT2D eigenvalue weighted by atomic mass is 10.1. The number of nitrogens with zero attached hydrogens (tertiary/aromatic N) is 5. The summed E-state index contributed by atoms with van der Waals surface area (Å²) < 4.78 is 28.4. The maximum Gasteiger partial charge on any atom is 0.226 e. The largest absolute Gasteiger partial charge is 0.495 e. The van der Waals surface area contributed by atoms with E-state index < -0.39 is 0 Å². The third-order valence-corrected chi connectivity index (χ3v) is 4.78. The van der Waals surface area contributed by atoms with E-state index in [0.29, 0.717) is 29.8 Å². The van der Waals surface area contributed by atoms with Crippen molar-refractivity contribution in [2.24, 2.45) is 7.05 Å². The van der Waals surface area contributed by atoms with E-state index in [4.69, 9.17) is 9.47 Å². The lowest BCUT2D eigenvalue weighted by molar-refractivity contribution is 0.185. The summed E-state index contributed by atoms with van der Waals surface area (Å²) >= 11 is 0. The average molecular weight is 422 g/mol. The first-order chi connectivity index (χ1) is 15.0. The van der Waals surface area contributed by atoms with Crippen LogP contribution in [0, 0.1) is 12.7 Å². The van der Waals surface area contributed by atoms with E-state index in [-0.39, 0.29) is 5.82 Å². The first-order valence-corrected chi connectivity index (χ1v) is 9.63. The third-order valence-electron chi connectivity index (χ3n) is 4.78. The maximum absolute atomic E-state index is 14.3. The van der Waals surface area contributed by atoms with Gasteiger partial charge in [0.05, 0.1) is 37.1 Å². The number of anilines is 2. The summed E-state index contributed by atoms with van der Waals surface area (Å²) in [6.07, 6.45) is 3.66. The molecule has 0 aliphatic rings. The van der Waals surface area contributed by atoms with Crippen LogP contribution in [0.1, 0.15) is 11.3 Å². The molecular formula is C22H23FN6O2. The van der Waals surface area contributed by atoms with Gasteiger partial charge in [-0.05, 0) is 42.8 Å². The molecule has 0 unspecified atom stereocenters. The molecule has 0 bridgehead atoms. The van der Waals surface area contributed by atoms with Crippen LogP contribution in [0.15, 0.2) is 48.9 Å². The molecule has 0 atom stereocenters. The zero-order valence-electron chi connectivity index (χ0n) is 17.8. The second-order valence-corrected chi connectivity index (χ2v) is 7.06. The van der Waals surface area contributed by atoms with E-state index in [2.05, 4.69) is 20.4 Å². The average Bonchev–Trinajstić information content (AvgIpc) is 3.36. The standard InChI is InChI=1S/C22H23FN6O2/c1-14-11-29(13-24-14)19-8-6-16(10-20(19)31-4)21-26-22(28(2)27-21)25-18-9-15(12-30-3)5-7-17(18)23/h5-11,13H,12H2,1-4H3,(H,25,26,27). The fourth-order valence-corrected chi connectivity index (χ4v) is 3.24. The lowest BCUT2D eigenvalue weighted by Gasteiger charge is -2.10. The van der Waals surface area contributed by atoms with Crippen molar-refractivity contribution in [3.8, 4) is 22.8 Å². The molecule has 0 radical (unpaired) electrons. The molecule has 0 saturated heterocycles. The lowest BCUT2D eigenvalue weighted by Crippen LogP contribution is -2.02. The Morgan fingerprint density at radius 2 is 1.97 bits per heavy atom. The Balaban J connectivity index is 1.64. The Labute approximate surface area is 179 Å². The van der Waals surface area contributed by atoms with Crippen LogP contribution < -0.4 is 10.1 Å². The Morgan fingerprint density at radius 3 is 2.68 bits per heavy atom. The number of halogens is 1. The molecular weight excluding hydrogens is 399 g/mol. The van der Waals surface area contributed by atoms with Crippen LogP contribution in [0.2, 0.25) is 0 Å². The van der Waals surface area contributed by atoms with E-state index in [1.807, 2.05) is 35.9 Å². The van der Waals surface area contributed by atoms with Crippen molar-refractivity contribution in [1.29, 1.82) is 0 Å². The number of aryl methyl sites for hydroxylation is 2. The number of hydrogen-bond acceptors (Lipinski definition) is 6. The van der Waals surface area contributed by atoms with Crippen LogP contribution in [0.3, 0.4) is 0 Å². The van der Waals surface area contributed by atoms with Gasteiger partial charge in [-0.2, -0.15) is 4.98 Å². The fraction of sp³-hybridized carbons (Fsp3) is 0.227. The molecule has 0 saturated carbocycles. The highest BCUT2D eigenvalue weighted by molar-refractivity contribution is 5.65. The SMILES string of the molecule is COCc1ccc(F)c(Nc2nc(-c3ccc(-n4cnc(C)c4)c(OC)c3)nn2C)c1. The monoisotopic (exact) mass is 422 g/mol. The molecule has 8 nitrogen and oxygen atoms in total. The summed E-state index contributed by atoms with van der Waals surface area (Å²) in [5.41, 5.74) is 3.70. The van der Waals surface area contributed by atoms with Crippen molar-refractivity contribution in [2.45, 2.75) is 13.5 Å². The Kier molecular flexibility index (Phi) is 5.68. The van der Waals surface area contributed by atoms with Crippen LogP contribution in [-0.2, 0) is 18.4 Å². The molecule has 0 aliphatic heterocycles. The quantitative estimate of drug-likeness (QED) is 0.485. The minimum absolute atomic E-state index is 0.306. The molecule has 4 aromatic rings. The van der Waals surface area contributed by atoms with Crippen molar-refractivity contribution in [2.75, 3.05) is 19.5 Å². The van der Waals surface area contributed by atoms with E-state index >= 15 is 0 Å². The minimum atomic E-state index is -0.383. The fourth-order valence-electron chi connectivity index (χ4n) is 3.24. The van der Waals surface area contributed by atoms with Crippen LogP contribution in [-0.4, -0.2) is 38.5 Å². The van der Waals surface area contributed by atoms with Crippen molar-refractivity contribution >= 4 is 11.6 Å². The number of aromatic nitrogens is 5. The summed E-state index contributed by atoms with van der Waals surface area (Å²) in [4.78, 5) is 8.80. The first-order valence-electron chi connectivity index (χ1n) is 9.63. The molecule has 0 aliphatic carbocycles. The number of rotatable bonds is 7. The number of ether oxygens (including phenoxy) is 2. The molecule has 0 amide bonds. The van der Waals surface area contributed by atoms with Gasteiger partial charge in [0, 0.05) is 25.9 Å². The van der Waals surface area contributed by atoms with Crippen molar-refractivity contribution in [1.82, 2.24) is 24.3 Å². The summed E-state index contributed by atoms with van der Waals surface area (Å²) in [5, 5.41) is 7.48. The van der Waals surface area contributed by atoms with Crippen LogP contribution in [0.5, 0.6) is 5.75 Å². The molecule has 31 heavy (non-hydrogen) atoms. The molecule has 160 valence electrons. The molecule has 1 N–H and O–H groups in total. The molecule has 4 rings (SSSR count). The predicted molar refractivity (Wildman–Crippen MR) is 115 cm³/mol. The van der Waals surface area contributed by atoms with Gasteiger partial charge in [0.15, 0.2) is 5.82 Å². The summed E-state index contributed by atoms with van der Waals surface area (Å²) in [6.45, 7) is 2.32. The Hall–Kier alpha value is -3.72. The molecule has 2 aromatic heterocycles. The van der Waals surface area contributed by atoms with Gasteiger partial charge in [0.2, 0.25) is 5.95 Å². The smallest absolute Gasteiger partial charge is 0.226 e. The van der Waals surface area contributed by atoms with Gasteiger partial charge in [-0.25, -0.2) is 14.1 Å². The van der Waals surface area contributed by atoms with Crippen molar-refractivity contribution in [3.63, 3.8) is 0 Å². The van der Waals surface area contributed by atoms with Crippen molar-refractivity contribution in [3.05, 3.63) is 66.0 Å². The van der Waals surface area contributed by atoms with E-state index in [9.17, 15) is 4.39 Å². The number of imidazole rings is 1. The third kappa shape index (κ3) is 4.26. The van der Waals surface area contributed by atoms with E-state index in [1.165, 1.54) is 6.07 Å². The van der Waals surface area contributed by atoms with Gasteiger partial charge in [-0.3, -0.25) is 0 Å². The molecule has 9 heteroatoms. The summed E-state index contributed by atoms with van der Waals surface area (Å²) in [5.74, 6) is 1.18. The topological polar surface area (TPSA) is 79.0 Å². The zero-order chi connectivity index (χ0) is 22.0. The molecule has 2 heterocycles. The van der Waals surface area contributed by atoms with Crippen LogP contribution in [0.4, 0.5) is 16.0 Å². The number of benzene rings is 2. The second kappa shape index (κ2) is 8.57. The van der Waals surface area contributed by atoms with Crippen LogP contribution in [0.25, 0.3) is 17.1 Å². The van der Waals surface area contributed by atoms with Gasteiger partial charge in [0.1, 0.15) is 11.6 Å². The highest BCUT2D eigenvalue weighted by Crippen LogP contribution is 2.29. The van der Waals surface area contributed by atoms with Gasteiger partial charge >= 0.3 is 0 Å². The Morgan fingerprint density at radius 1 is 1.13 bits per heavy atom. The van der Waals surface area contributed by atoms with E-state index in [0.717, 1.165) is 22.5 Å². The van der Waals surface area contributed by atoms with Crippen LogP contribution >= 0.6 is 0 Å². The first kappa shape index (κ1) is 20.5. The number of methoxy groups -OCH3 is 2. The van der Waals surface area contributed by atoms with Gasteiger partial charge in [-0.15, -0.1) is 5.10 Å². The van der Waals surface area contributed by atoms with Gasteiger partial charge in [-0.1, -0.05) is 6.07 Å². The predicted octanol–water partition coefficient (Wildman–Crippen LogP) is 4.01. The minimum Gasteiger partial charge on any atom is -0.495 e. The van der Waals surface area contributed by atoms with Gasteiger partial charge in [0.25, 0.3) is 0 Å². The molecule has 0 spiro atoms. The second-order valence-electron chi connectivity index (χ2n) is 7.06. The van der Waals surface area contributed by atoms with E-state index in [1.54, 1.807) is 44.4 Å². The highest BCUT2D eigenvalue weighted by atomic mass is 19.1. The number of hydrogen-bond donors (Lipinski definition) is 1.